The molecule has 1 aliphatic rings. The summed E-state index contributed by atoms with van der Waals surface area (Å²) in [4.78, 5) is 37.1. The second-order valence-electron chi connectivity index (χ2n) is 7.14. The minimum absolute atomic E-state index is 0.0699. The molecule has 1 heterocycles. The van der Waals surface area contributed by atoms with Gasteiger partial charge in [0.2, 0.25) is 11.8 Å². The van der Waals surface area contributed by atoms with Crippen molar-refractivity contribution in [1.82, 2.24) is 15.5 Å². The van der Waals surface area contributed by atoms with E-state index in [-0.39, 0.29) is 30.8 Å². The second-order valence-corrected chi connectivity index (χ2v) is 7.14. The number of rotatable bonds is 7. The van der Waals surface area contributed by atoms with E-state index < -0.39 is 11.7 Å². The molecule has 3 amide bonds. The number of alkyl carbamates (subject to hydrolysis) is 1. The fraction of sp³-hybridized carbons (Fsp3) is 0.824. The molecule has 0 spiro atoms. The smallest absolute Gasteiger partial charge is 0.407 e. The molecule has 0 aromatic rings. The Labute approximate surface area is 149 Å². The maximum Gasteiger partial charge on any atom is 0.407 e. The highest BCUT2D eigenvalue weighted by Crippen LogP contribution is 2.12. The number of ether oxygens (including phenoxy) is 2. The number of carbonyl (C=O) groups excluding carboxylic acids is 3. The maximum absolute atomic E-state index is 11.9. The molecule has 144 valence electrons. The van der Waals surface area contributed by atoms with Gasteiger partial charge in [-0.05, 0) is 33.6 Å². The summed E-state index contributed by atoms with van der Waals surface area (Å²) in [6.45, 7) is 7.30. The van der Waals surface area contributed by atoms with E-state index >= 15 is 0 Å². The topological polar surface area (TPSA) is 97.0 Å². The molecule has 0 radical (unpaired) electrons. The van der Waals surface area contributed by atoms with Crippen molar-refractivity contribution < 1.29 is 23.9 Å². The Bertz CT molecular complexity index is 454. The lowest BCUT2D eigenvalue weighted by Gasteiger charge is -2.32. The van der Waals surface area contributed by atoms with Crippen LogP contribution >= 0.6 is 0 Å². The van der Waals surface area contributed by atoms with E-state index in [2.05, 4.69) is 10.6 Å². The van der Waals surface area contributed by atoms with Gasteiger partial charge in [-0.1, -0.05) is 0 Å². The molecule has 0 aromatic heterocycles. The summed E-state index contributed by atoms with van der Waals surface area (Å²) in [6, 6.07) is 0.0699. The fourth-order valence-electron chi connectivity index (χ4n) is 2.51. The van der Waals surface area contributed by atoms with Gasteiger partial charge in [-0.15, -0.1) is 0 Å². The number of piperidine rings is 1. The quantitative estimate of drug-likeness (QED) is 0.710. The Morgan fingerprint density at radius 3 is 2.32 bits per heavy atom. The first-order chi connectivity index (χ1) is 11.7. The predicted octanol–water partition coefficient (Wildman–Crippen LogP) is 1.04. The van der Waals surface area contributed by atoms with Crippen molar-refractivity contribution in [3.63, 3.8) is 0 Å². The number of nitrogens with zero attached hydrogens (tertiary/aromatic N) is 1. The first-order valence-electron chi connectivity index (χ1n) is 8.74. The lowest BCUT2D eigenvalue weighted by molar-refractivity contribution is -0.133. The Morgan fingerprint density at radius 2 is 1.76 bits per heavy atom. The molecule has 1 saturated heterocycles. The molecule has 2 N–H and O–H groups in total. The van der Waals surface area contributed by atoms with Crippen LogP contribution in [0.15, 0.2) is 0 Å². The van der Waals surface area contributed by atoms with E-state index in [0.29, 0.717) is 26.1 Å². The van der Waals surface area contributed by atoms with Crippen LogP contribution in [0.2, 0.25) is 0 Å². The molecule has 0 unspecified atom stereocenters. The van der Waals surface area contributed by atoms with Crippen LogP contribution in [0.4, 0.5) is 4.79 Å². The second kappa shape index (κ2) is 10.2. The van der Waals surface area contributed by atoms with E-state index in [9.17, 15) is 14.4 Å². The van der Waals surface area contributed by atoms with Gasteiger partial charge in [-0.3, -0.25) is 9.59 Å². The van der Waals surface area contributed by atoms with Crippen molar-refractivity contribution in [2.24, 2.45) is 0 Å². The third kappa shape index (κ3) is 9.28. The molecule has 25 heavy (non-hydrogen) atoms. The molecular formula is C17H31N3O5. The van der Waals surface area contributed by atoms with Gasteiger partial charge in [0.25, 0.3) is 0 Å². The summed E-state index contributed by atoms with van der Waals surface area (Å²) in [6.07, 6.45) is 1.55. The highest BCUT2D eigenvalue weighted by molar-refractivity contribution is 5.78. The van der Waals surface area contributed by atoms with Crippen molar-refractivity contribution in [2.75, 3.05) is 33.4 Å². The number of amides is 3. The molecule has 0 bridgehead atoms. The van der Waals surface area contributed by atoms with E-state index in [4.69, 9.17) is 9.47 Å². The number of carbonyl (C=O) groups is 3. The first-order valence-corrected chi connectivity index (χ1v) is 8.74. The zero-order valence-corrected chi connectivity index (χ0v) is 15.7. The Kier molecular flexibility index (Phi) is 8.68. The monoisotopic (exact) mass is 357 g/mol. The molecule has 0 aromatic carbocycles. The Morgan fingerprint density at radius 1 is 1.12 bits per heavy atom. The molecule has 1 rings (SSSR count). The normalized spacial score (nSPS) is 15.6. The standard InChI is InChI=1S/C17H31N3O5/c1-17(2,3)25-16(23)18-9-5-14(21)19-13-6-10-20(11-7-13)15(22)8-12-24-4/h13H,5-12H2,1-4H3,(H,18,23)(H,19,21). The van der Waals surface area contributed by atoms with Crippen molar-refractivity contribution in [3.05, 3.63) is 0 Å². The Balaban J connectivity index is 2.18. The molecular weight excluding hydrogens is 326 g/mol. The van der Waals surface area contributed by atoms with Crippen LogP contribution < -0.4 is 10.6 Å². The highest BCUT2D eigenvalue weighted by atomic mass is 16.6. The van der Waals surface area contributed by atoms with E-state index in [0.717, 1.165) is 12.8 Å². The summed E-state index contributed by atoms with van der Waals surface area (Å²) in [5.74, 6) is -0.0200. The van der Waals surface area contributed by atoms with Crippen molar-refractivity contribution in [3.8, 4) is 0 Å². The van der Waals surface area contributed by atoms with Crippen LogP contribution in [-0.4, -0.2) is 67.8 Å². The van der Waals surface area contributed by atoms with Gasteiger partial charge < -0.3 is 25.0 Å². The predicted molar refractivity (Wildman–Crippen MR) is 93.1 cm³/mol. The maximum atomic E-state index is 11.9. The SMILES string of the molecule is COCCC(=O)N1CCC(NC(=O)CCNC(=O)OC(C)(C)C)CC1. The number of nitrogens with one attached hydrogen (secondary N) is 2. The minimum Gasteiger partial charge on any atom is -0.444 e. The molecule has 0 saturated carbocycles. The lowest BCUT2D eigenvalue weighted by atomic mass is 10.0. The number of likely N-dealkylation sites (tertiary alicyclic amines) is 1. The van der Waals surface area contributed by atoms with Gasteiger partial charge in [0.05, 0.1) is 13.0 Å². The van der Waals surface area contributed by atoms with Gasteiger partial charge in [0.15, 0.2) is 0 Å². The van der Waals surface area contributed by atoms with Crippen molar-refractivity contribution in [2.45, 2.75) is 58.1 Å². The van der Waals surface area contributed by atoms with Crippen molar-refractivity contribution >= 4 is 17.9 Å². The molecule has 1 fully saturated rings. The third-order valence-electron chi connectivity index (χ3n) is 3.75. The van der Waals surface area contributed by atoms with Gasteiger partial charge in [-0.2, -0.15) is 0 Å². The summed E-state index contributed by atoms with van der Waals surface area (Å²) in [7, 11) is 1.58. The Hall–Kier alpha value is -1.83. The zero-order valence-electron chi connectivity index (χ0n) is 15.7. The van der Waals surface area contributed by atoms with Crippen LogP contribution in [0.1, 0.15) is 46.5 Å². The van der Waals surface area contributed by atoms with Crippen LogP contribution in [0.3, 0.4) is 0 Å². The average Bonchev–Trinajstić information content (AvgIpc) is 2.51. The van der Waals surface area contributed by atoms with Gasteiger partial charge in [0.1, 0.15) is 5.60 Å². The van der Waals surface area contributed by atoms with Crippen LogP contribution in [-0.2, 0) is 19.1 Å². The minimum atomic E-state index is -0.555. The summed E-state index contributed by atoms with van der Waals surface area (Å²) < 4.78 is 10.0. The summed E-state index contributed by atoms with van der Waals surface area (Å²) >= 11 is 0. The molecule has 0 atom stereocenters. The molecule has 0 aliphatic carbocycles. The van der Waals surface area contributed by atoms with Crippen LogP contribution in [0.5, 0.6) is 0 Å². The summed E-state index contributed by atoms with van der Waals surface area (Å²) in [5, 5.41) is 5.51. The average molecular weight is 357 g/mol. The number of methoxy groups -OCH3 is 1. The molecule has 8 heteroatoms. The van der Waals surface area contributed by atoms with E-state index in [1.54, 1.807) is 27.9 Å². The molecule has 1 aliphatic heterocycles. The number of hydrogen-bond donors (Lipinski definition) is 2. The zero-order chi connectivity index (χ0) is 18.9. The van der Waals surface area contributed by atoms with Gasteiger partial charge in [0, 0.05) is 39.2 Å². The van der Waals surface area contributed by atoms with Crippen LogP contribution in [0.25, 0.3) is 0 Å². The first kappa shape index (κ1) is 21.2. The summed E-state index contributed by atoms with van der Waals surface area (Å²) in [5.41, 5.74) is -0.555. The van der Waals surface area contributed by atoms with Gasteiger partial charge >= 0.3 is 6.09 Å². The largest absolute Gasteiger partial charge is 0.444 e. The highest BCUT2D eigenvalue weighted by Gasteiger charge is 2.23. The fourth-order valence-corrected chi connectivity index (χ4v) is 2.51. The molecule has 8 nitrogen and oxygen atoms in total. The van der Waals surface area contributed by atoms with E-state index in [1.807, 2.05) is 4.90 Å². The third-order valence-corrected chi connectivity index (χ3v) is 3.75. The van der Waals surface area contributed by atoms with Crippen LogP contribution in [0, 0.1) is 0 Å². The van der Waals surface area contributed by atoms with E-state index in [1.165, 1.54) is 0 Å². The van der Waals surface area contributed by atoms with Crippen molar-refractivity contribution in [1.29, 1.82) is 0 Å². The number of hydrogen-bond acceptors (Lipinski definition) is 5. The lowest BCUT2D eigenvalue weighted by Crippen LogP contribution is -2.47. The van der Waals surface area contributed by atoms with Gasteiger partial charge in [-0.25, -0.2) is 4.79 Å².